The van der Waals surface area contributed by atoms with Gasteiger partial charge >= 0.3 is 6.18 Å². The van der Waals surface area contributed by atoms with Gasteiger partial charge in [0.15, 0.2) is 0 Å². The fourth-order valence-electron chi connectivity index (χ4n) is 0.255. The van der Waals surface area contributed by atoms with Crippen LogP contribution in [0.2, 0.25) is 0 Å². The number of alkyl halides is 4. The summed E-state index contributed by atoms with van der Waals surface area (Å²) < 4.78 is 37.7. The number of aliphatic hydroxyl groups is 1. The molecule has 0 spiro atoms. The van der Waals surface area contributed by atoms with Gasteiger partial charge in [-0.1, -0.05) is 22.6 Å². The van der Waals surface area contributed by atoms with E-state index in [4.69, 9.17) is 5.11 Å². The van der Waals surface area contributed by atoms with Crippen molar-refractivity contribution in [3.05, 3.63) is 0 Å². The van der Waals surface area contributed by atoms with E-state index in [-0.39, 0.29) is 0 Å². The molecule has 0 radical (unpaired) electrons. The summed E-state index contributed by atoms with van der Waals surface area (Å²) in [6.45, 7) is 1.40. The molecule has 6 heteroatoms. The van der Waals surface area contributed by atoms with E-state index < -0.39 is 16.6 Å². The van der Waals surface area contributed by atoms with Crippen LogP contribution in [0.4, 0.5) is 13.2 Å². The first kappa shape index (κ1) is 10.4. The Morgan fingerprint density at radius 1 is 1.50 bits per heavy atom. The Hall–Kier alpha value is 0.440. The highest BCUT2D eigenvalue weighted by Gasteiger charge is 2.40. The molecule has 0 aromatic rings. The third-order valence-electron chi connectivity index (χ3n) is 0.596. The molecule has 0 bridgehead atoms. The highest BCUT2D eigenvalue weighted by molar-refractivity contribution is 14.1. The first-order chi connectivity index (χ1) is 4.34. The van der Waals surface area contributed by atoms with Gasteiger partial charge in [-0.2, -0.15) is 13.2 Å². The summed E-state index contributed by atoms with van der Waals surface area (Å²) in [7, 11) is 0. The van der Waals surface area contributed by atoms with Gasteiger partial charge in [-0.05, 0) is 6.92 Å². The maximum absolute atomic E-state index is 11.4. The number of hydrogen-bond donors (Lipinski definition) is 1. The smallest absolute Gasteiger partial charge is 0.361 e. The molecule has 2 unspecified atom stereocenters. The summed E-state index contributed by atoms with van der Waals surface area (Å²) in [6, 6.07) is 0. The van der Waals surface area contributed by atoms with E-state index >= 15 is 0 Å². The van der Waals surface area contributed by atoms with Gasteiger partial charge in [-0.25, -0.2) is 0 Å². The van der Waals surface area contributed by atoms with Crippen molar-refractivity contribution in [1.82, 2.24) is 0 Å². The summed E-state index contributed by atoms with van der Waals surface area (Å²) >= 11 is 1.62. The maximum Gasteiger partial charge on any atom is 0.439 e. The molecule has 10 heavy (non-hydrogen) atoms. The summed E-state index contributed by atoms with van der Waals surface area (Å²) in [5.74, 6) is 0. The minimum atomic E-state index is -4.68. The molecule has 0 fully saturated rings. The molecule has 0 saturated heterocycles. The van der Waals surface area contributed by atoms with Crippen molar-refractivity contribution in [2.45, 2.75) is 23.5 Å². The molecule has 2 atom stereocenters. The molecule has 0 aliphatic heterocycles. The van der Waals surface area contributed by atoms with E-state index in [1.54, 1.807) is 22.6 Å². The average Bonchev–Trinajstić information content (AvgIpc) is 1.60. The van der Waals surface area contributed by atoms with Gasteiger partial charge in [0.1, 0.15) is 4.11 Å². The number of halogens is 4. The van der Waals surface area contributed by atoms with Gasteiger partial charge in [0.25, 0.3) is 6.29 Å². The lowest BCUT2D eigenvalue weighted by Gasteiger charge is -2.16. The average molecular weight is 270 g/mol. The highest BCUT2D eigenvalue weighted by atomic mass is 127. The first-order valence-electron chi connectivity index (χ1n) is 2.38. The van der Waals surface area contributed by atoms with Crippen molar-refractivity contribution in [1.29, 1.82) is 0 Å². The monoisotopic (exact) mass is 270 g/mol. The van der Waals surface area contributed by atoms with E-state index in [0.717, 1.165) is 0 Å². The van der Waals surface area contributed by atoms with Gasteiger partial charge in [0, 0.05) is 0 Å². The highest BCUT2D eigenvalue weighted by Crippen LogP contribution is 2.22. The van der Waals surface area contributed by atoms with Crippen LogP contribution in [0.3, 0.4) is 0 Å². The number of ether oxygens (including phenoxy) is 1. The van der Waals surface area contributed by atoms with Gasteiger partial charge in [-0.3, -0.25) is 0 Å². The second-order valence-corrected chi connectivity index (χ2v) is 3.33. The van der Waals surface area contributed by atoms with Crippen molar-refractivity contribution in [3.8, 4) is 0 Å². The summed E-state index contributed by atoms with van der Waals surface area (Å²) in [6.07, 6.45) is -7.35. The molecule has 0 amide bonds. The Kier molecular flexibility index (Phi) is 3.89. The molecule has 0 saturated carbocycles. The second-order valence-electron chi connectivity index (χ2n) is 1.57. The lowest BCUT2D eigenvalue weighted by atomic mass is 10.6. The molecule has 0 aromatic heterocycles. The standard InChI is InChI=1S/C4H6F3IO2/c1-2(8)10-3(9)4(5,6)7/h2-3,9H,1H3. The summed E-state index contributed by atoms with van der Waals surface area (Å²) in [5.41, 5.74) is 0. The molecule has 0 heterocycles. The van der Waals surface area contributed by atoms with Gasteiger partial charge in [0.2, 0.25) is 0 Å². The van der Waals surface area contributed by atoms with Gasteiger partial charge < -0.3 is 9.84 Å². The van der Waals surface area contributed by atoms with Gasteiger partial charge in [0.05, 0.1) is 0 Å². The second kappa shape index (κ2) is 3.72. The lowest BCUT2D eigenvalue weighted by molar-refractivity contribution is -0.294. The first-order valence-corrected chi connectivity index (χ1v) is 3.63. The van der Waals surface area contributed by atoms with Crippen LogP contribution in [0.1, 0.15) is 6.92 Å². The molecule has 0 aromatic carbocycles. The van der Waals surface area contributed by atoms with Crippen molar-refractivity contribution in [3.63, 3.8) is 0 Å². The third-order valence-corrected chi connectivity index (χ3v) is 0.890. The predicted molar refractivity (Wildman–Crippen MR) is 36.6 cm³/mol. The van der Waals surface area contributed by atoms with E-state index in [2.05, 4.69) is 4.74 Å². The lowest BCUT2D eigenvalue weighted by Crippen LogP contribution is -2.32. The Morgan fingerprint density at radius 3 is 2.00 bits per heavy atom. The van der Waals surface area contributed by atoms with E-state index in [1.165, 1.54) is 6.92 Å². The fraction of sp³-hybridized carbons (Fsp3) is 1.00. The third kappa shape index (κ3) is 4.29. The number of rotatable bonds is 2. The normalized spacial score (nSPS) is 18.6. The predicted octanol–water partition coefficient (Wildman–Crippen LogP) is 1.66. The molecular formula is C4H6F3IO2. The van der Waals surface area contributed by atoms with Crippen LogP contribution in [0.5, 0.6) is 0 Å². The molecule has 2 nitrogen and oxygen atoms in total. The van der Waals surface area contributed by atoms with Crippen LogP contribution < -0.4 is 0 Å². The SMILES string of the molecule is CC(I)OC(O)C(F)(F)F. The quantitative estimate of drug-likeness (QED) is 0.470. The summed E-state index contributed by atoms with van der Waals surface area (Å²) in [4.78, 5) is 0. The molecule has 0 aliphatic rings. The molecule has 62 valence electrons. The Bertz CT molecular complexity index is 103. The zero-order valence-electron chi connectivity index (χ0n) is 5.02. The minimum absolute atomic E-state index is 0.658. The van der Waals surface area contributed by atoms with Crippen LogP contribution in [0.15, 0.2) is 0 Å². The van der Waals surface area contributed by atoms with Crippen LogP contribution >= 0.6 is 22.6 Å². The van der Waals surface area contributed by atoms with Crippen molar-refractivity contribution >= 4 is 22.6 Å². The van der Waals surface area contributed by atoms with E-state index in [1.807, 2.05) is 0 Å². The molecule has 0 rings (SSSR count). The number of aliphatic hydroxyl groups excluding tert-OH is 1. The molecule has 0 aliphatic carbocycles. The maximum atomic E-state index is 11.4. The zero-order valence-corrected chi connectivity index (χ0v) is 7.18. The minimum Gasteiger partial charge on any atom is -0.361 e. The van der Waals surface area contributed by atoms with Crippen LogP contribution in [0.25, 0.3) is 0 Å². The van der Waals surface area contributed by atoms with Crippen molar-refractivity contribution in [2.24, 2.45) is 0 Å². The van der Waals surface area contributed by atoms with Crippen molar-refractivity contribution in [2.75, 3.05) is 0 Å². The molecular weight excluding hydrogens is 264 g/mol. The van der Waals surface area contributed by atoms with Crippen molar-refractivity contribution < 1.29 is 23.0 Å². The zero-order chi connectivity index (χ0) is 8.36. The van der Waals surface area contributed by atoms with Crippen LogP contribution in [0, 0.1) is 0 Å². The van der Waals surface area contributed by atoms with E-state index in [0.29, 0.717) is 0 Å². The van der Waals surface area contributed by atoms with Gasteiger partial charge in [-0.15, -0.1) is 0 Å². The molecule has 1 N–H and O–H groups in total. The Balaban J connectivity index is 3.73. The largest absolute Gasteiger partial charge is 0.439 e. The topological polar surface area (TPSA) is 29.5 Å². The summed E-state index contributed by atoms with van der Waals surface area (Å²) in [5, 5.41) is 8.20. The Labute approximate surface area is 69.5 Å². The fourth-order valence-corrected chi connectivity index (χ4v) is 0.533. The Morgan fingerprint density at radius 2 is 1.90 bits per heavy atom. The van der Waals surface area contributed by atoms with Crippen LogP contribution in [-0.2, 0) is 4.74 Å². The van der Waals surface area contributed by atoms with Crippen LogP contribution in [-0.4, -0.2) is 21.7 Å². The number of hydrogen-bond acceptors (Lipinski definition) is 2. The van der Waals surface area contributed by atoms with E-state index in [9.17, 15) is 13.2 Å².